The number of hydrogen-bond donors (Lipinski definition) is 0. The van der Waals surface area contributed by atoms with Gasteiger partial charge in [0.25, 0.3) is 0 Å². The summed E-state index contributed by atoms with van der Waals surface area (Å²) in [6.07, 6.45) is 2.20. The maximum absolute atomic E-state index is 13.1. The van der Waals surface area contributed by atoms with Crippen molar-refractivity contribution in [1.29, 1.82) is 0 Å². The number of unbranched alkanes of at least 4 members (excludes halogenated alkanes) is 2. The topological polar surface area (TPSA) is 65.1 Å². The number of rotatable bonds is 14. The van der Waals surface area contributed by atoms with Crippen LogP contribution in [0.15, 0.2) is 54.6 Å². The maximum Gasteiger partial charge on any atom is 0.410 e. The van der Waals surface area contributed by atoms with Crippen LogP contribution in [-0.4, -0.2) is 48.6 Å². The molecular formula is C26H34ClNO5. The van der Waals surface area contributed by atoms with E-state index in [1.165, 1.54) is 4.90 Å². The second-order valence-electron chi connectivity index (χ2n) is 7.53. The summed E-state index contributed by atoms with van der Waals surface area (Å²) in [4.78, 5) is 27.5. The monoisotopic (exact) mass is 475 g/mol. The summed E-state index contributed by atoms with van der Waals surface area (Å²) >= 11 is 5.80. The van der Waals surface area contributed by atoms with Crippen LogP contribution < -0.4 is 4.74 Å². The molecule has 7 heteroatoms. The molecule has 0 aliphatic heterocycles. The Bertz CT molecular complexity index is 828. The third-order valence-electron chi connectivity index (χ3n) is 5.07. The molecule has 33 heavy (non-hydrogen) atoms. The maximum atomic E-state index is 13.1. The number of halogens is 1. The standard InChI is InChI=1S/C26H34ClNO5/c1-3-31-23-15-13-21(14-16-23)19-24(25(29)32-4-2)28(18-10-6-9-17-27)26(30)33-20-22-11-7-5-8-12-22/h5,7-8,11-16,24H,3-4,6,9-10,17-20H2,1-2H3/t24-/m0/s1. The molecule has 0 aliphatic carbocycles. The molecule has 2 aromatic rings. The lowest BCUT2D eigenvalue weighted by atomic mass is 10.0. The number of hydrogen-bond acceptors (Lipinski definition) is 5. The van der Waals surface area contributed by atoms with E-state index >= 15 is 0 Å². The molecule has 0 unspecified atom stereocenters. The Morgan fingerprint density at radius 1 is 0.879 bits per heavy atom. The minimum atomic E-state index is -0.790. The summed E-state index contributed by atoms with van der Waals surface area (Å²) in [6, 6.07) is 16.2. The van der Waals surface area contributed by atoms with Crippen LogP contribution >= 0.6 is 11.6 Å². The van der Waals surface area contributed by atoms with Crippen molar-refractivity contribution in [3.05, 3.63) is 65.7 Å². The Balaban J connectivity index is 2.20. The predicted molar refractivity (Wildman–Crippen MR) is 130 cm³/mol. The van der Waals surface area contributed by atoms with Gasteiger partial charge in [0.15, 0.2) is 0 Å². The molecule has 0 N–H and O–H groups in total. The number of nitrogens with zero attached hydrogens (tertiary/aromatic N) is 1. The van der Waals surface area contributed by atoms with Gasteiger partial charge in [0.1, 0.15) is 18.4 Å². The van der Waals surface area contributed by atoms with Crippen molar-refractivity contribution in [2.24, 2.45) is 0 Å². The lowest BCUT2D eigenvalue weighted by Gasteiger charge is -2.30. The van der Waals surface area contributed by atoms with Crippen LogP contribution in [0.4, 0.5) is 4.79 Å². The highest BCUT2D eigenvalue weighted by molar-refractivity contribution is 6.17. The van der Waals surface area contributed by atoms with Crippen molar-refractivity contribution < 1.29 is 23.8 Å². The summed E-state index contributed by atoms with van der Waals surface area (Å²) in [5, 5.41) is 0. The van der Waals surface area contributed by atoms with Gasteiger partial charge >= 0.3 is 12.1 Å². The van der Waals surface area contributed by atoms with Crippen molar-refractivity contribution in [3.8, 4) is 5.75 Å². The largest absolute Gasteiger partial charge is 0.494 e. The third kappa shape index (κ3) is 9.34. The van der Waals surface area contributed by atoms with Crippen molar-refractivity contribution in [1.82, 2.24) is 4.90 Å². The lowest BCUT2D eigenvalue weighted by molar-refractivity contribution is -0.149. The Labute approximate surface area is 201 Å². The zero-order valence-corrected chi connectivity index (χ0v) is 20.3. The number of benzene rings is 2. The van der Waals surface area contributed by atoms with E-state index in [0.29, 0.717) is 31.9 Å². The van der Waals surface area contributed by atoms with E-state index in [1.54, 1.807) is 6.92 Å². The highest BCUT2D eigenvalue weighted by Crippen LogP contribution is 2.18. The summed E-state index contributed by atoms with van der Waals surface area (Å²) in [5.41, 5.74) is 1.78. The molecule has 0 aliphatic rings. The molecule has 180 valence electrons. The molecule has 0 radical (unpaired) electrons. The molecule has 0 saturated heterocycles. The SMILES string of the molecule is CCOC(=O)[C@H](Cc1ccc(OCC)cc1)N(CCCCCCl)C(=O)OCc1ccccc1. The molecular weight excluding hydrogens is 442 g/mol. The fraction of sp³-hybridized carbons (Fsp3) is 0.462. The number of carbonyl (C=O) groups excluding carboxylic acids is 2. The third-order valence-corrected chi connectivity index (χ3v) is 5.34. The second-order valence-corrected chi connectivity index (χ2v) is 7.91. The summed E-state index contributed by atoms with van der Waals surface area (Å²) in [7, 11) is 0. The molecule has 0 spiro atoms. The normalized spacial score (nSPS) is 11.5. The molecule has 0 saturated carbocycles. The Morgan fingerprint density at radius 2 is 1.61 bits per heavy atom. The molecule has 2 aromatic carbocycles. The average molecular weight is 476 g/mol. The molecule has 1 amide bonds. The zero-order chi connectivity index (χ0) is 23.9. The zero-order valence-electron chi connectivity index (χ0n) is 19.5. The minimum Gasteiger partial charge on any atom is -0.494 e. The van der Waals surface area contributed by atoms with Gasteiger partial charge in [0, 0.05) is 18.8 Å². The summed E-state index contributed by atoms with van der Waals surface area (Å²) in [5.74, 6) is 0.876. The smallest absolute Gasteiger partial charge is 0.410 e. The number of ether oxygens (including phenoxy) is 3. The Kier molecular flexibility index (Phi) is 12.2. The quantitative estimate of drug-likeness (QED) is 0.202. The Morgan fingerprint density at radius 3 is 2.24 bits per heavy atom. The van der Waals surface area contributed by atoms with E-state index in [0.717, 1.165) is 29.7 Å². The molecule has 0 fully saturated rings. The van der Waals surface area contributed by atoms with Gasteiger partial charge < -0.3 is 14.2 Å². The second kappa shape index (κ2) is 15.2. The predicted octanol–water partition coefficient (Wildman–Crippen LogP) is 5.61. The van der Waals surface area contributed by atoms with E-state index in [1.807, 2.05) is 61.5 Å². The van der Waals surface area contributed by atoms with Gasteiger partial charge in [-0.25, -0.2) is 9.59 Å². The van der Waals surface area contributed by atoms with Gasteiger partial charge in [-0.05, 0) is 49.9 Å². The first-order chi connectivity index (χ1) is 16.1. The number of esters is 1. The molecule has 0 bridgehead atoms. The average Bonchev–Trinajstić information content (AvgIpc) is 2.83. The summed E-state index contributed by atoms with van der Waals surface area (Å²) < 4.78 is 16.4. The van der Waals surface area contributed by atoms with Crippen LogP contribution in [0.5, 0.6) is 5.75 Å². The van der Waals surface area contributed by atoms with Crippen LogP contribution in [-0.2, 0) is 27.3 Å². The van der Waals surface area contributed by atoms with Gasteiger partial charge in [-0.2, -0.15) is 0 Å². The van der Waals surface area contributed by atoms with Crippen LogP contribution in [0, 0.1) is 0 Å². The number of amides is 1. The van der Waals surface area contributed by atoms with Crippen molar-refractivity contribution in [3.63, 3.8) is 0 Å². The van der Waals surface area contributed by atoms with E-state index in [4.69, 9.17) is 25.8 Å². The van der Waals surface area contributed by atoms with Crippen molar-refractivity contribution in [2.75, 3.05) is 25.6 Å². The number of alkyl halides is 1. The molecule has 0 heterocycles. The van der Waals surface area contributed by atoms with Crippen LogP contribution in [0.3, 0.4) is 0 Å². The van der Waals surface area contributed by atoms with Crippen molar-refractivity contribution >= 4 is 23.7 Å². The Hall–Kier alpha value is -2.73. The van der Waals surface area contributed by atoms with Crippen molar-refractivity contribution in [2.45, 2.75) is 52.2 Å². The molecule has 0 aromatic heterocycles. The molecule has 1 atom stereocenters. The van der Waals surface area contributed by atoms with Gasteiger partial charge in [-0.3, -0.25) is 4.90 Å². The van der Waals surface area contributed by atoms with Gasteiger partial charge in [0.2, 0.25) is 0 Å². The highest BCUT2D eigenvalue weighted by atomic mass is 35.5. The van der Waals surface area contributed by atoms with Gasteiger partial charge in [0.05, 0.1) is 13.2 Å². The van der Waals surface area contributed by atoms with Gasteiger partial charge in [-0.1, -0.05) is 48.9 Å². The first-order valence-electron chi connectivity index (χ1n) is 11.5. The van der Waals surface area contributed by atoms with E-state index in [9.17, 15) is 9.59 Å². The van der Waals surface area contributed by atoms with Crippen LogP contribution in [0.1, 0.15) is 44.2 Å². The number of carbonyl (C=O) groups is 2. The van der Waals surface area contributed by atoms with Gasteiger partial charge in [-0.15, -0.1) is 11.6 Å². The van der Waals surface area contributed by atoms with Crippen LogP contribution in [0.2, 0.25) is 0 Å². The fourth-order valence-corrected chi connectivity index (χ4v) is 3.59. The van der Waals surface area contributed by atoms with Crippen LogP contribution in [0.25, 0.3) is 0 Å². The first-order valence-corrected chi connectivity index (χ1v) is 12.0. The lowest BCUT2D eigenvalue weighted by Crippen LogP contribution is -2.48. The summed E-state index contributed by atoms with van der Waals surface area (Å²) in [6.45, 7) is 5.01. The van der Waals surface area contributed by atoms with E-state index < -0.39 is 18.1 Å². The van der Waals surface area contributed by atoms with E-state index in [2.05, 4.69) is 0 Å². The molecule has 6 nitrogen and oxygen atoms in total. The first kappa shape index (κ1) is 26.5. The highest BCUT2D eigenvalue weighted by Gasteiger charge is 2.32. The molecule has 2 rings (SSSR count). The fourth-order valence-electron chi connectivity index (χ4n) is 3.40. The van der Waals surface area contributed by atoms with E-state index in [-0.39, 0.29) is 13.2 Å². The minimum absolute atomic E-state index is 0.135.